The monoisotopic (exact) mass is 633 g/mol. The molecule has 236 valence electrons. The number of aryl methyl sites for hydroxylation is 1. The van der Waals surface area contributed by atoms with E-state index in [4.69, 9.17) is 0 Å². The summed E-state index contributed by atoms with van der Waals surface area (Å²) in [4.78, 5) is 24.7. The van der Waals surface area contributed by atoms with Crippen LogP contribution >= 0.6 is 0 Å². The molecule has 3 aromatic rings. The van der Waals surface area contributed by atoms with Crippen LogP contribution < -0.4 is 5.32 Å². The Labute approximate surface area is 254 Å². The minimum atomic E-state index is -4.46. The van der Waals surface area contributed by atoms with Gasteiger partial charge in [0, 0.05) is 36.8 Å². The summed E-state index contributed by atoms with van der Waals surface area (Å²) in [5, 5.41) is 3.24. The van der Waals surface area contributed by atoms with Gasteiger partial charge in [0.05, 0.1) is 22.2 Å². The number of carbonyl (C=O) groups is 1. The first-order valence-corrected chi connectivity index (χ1v) is 16.2. The number of hydrogen-bond acceptors (Lipinski definition) is 7. The molecule has 0 radical (unpaired) electrons. The summed E-state index contributed by atoms with van der Waals surface area (Å²) in [5.41, 5.74) is 0.628. The van der Waals surface area contributed by atoms with E-state index in [0.717, 1.165) is 50.1 Å². The number of benzene rings is 2. The lowest BCUT2D eigenvalue weighted by atomic mass is 10.0. The summed E-state index contributed by atoms with van der Waals surface area (Å²) in [6.07, 6.45) is -0.247. The van der Waals surface area contributed by atoms with Crippen LogP contribution in [0.1, 0.15) is 49.8 Å². The standard InChI is InChI=1S/C31H35F4N5O3S/c1-39-18-2-4-25(39)16-17-36-30-37-24(20-27(38-30)21-6-8-22(9-7-21)31(33,34)35)12-15-29(41)28-5-3-19-40(28)44(42,43)26-13-10-23(32)11-14-26/h6-11,13-14,20,25,28H,2-5,12,15-19H2,1H3,(H,36,37,38)/t25?,28-/m0/s1. The molecule has 0 spiro atoms. The van der Waals surface area contributed by atoms with Crippen LogP contribution in [-0.4, -0.2) is 72.1 Å². The number of carbonyl (C=O) groups excluding carboxylic acids is 1. The number of aromatic nitrogens is 2. The van der Waals surface area contributed by atoms with Gasteiger partial charge in [-0.15, -0.1) is 0 Å². The Kier molecular flexibility index (Phi) is 9.66. The number of nitrogens with one attached hydrogen (secondary N) is 1. The van der Waals surface area contributed by atoms with E-state index in [1.54, 1.807) is 6.07 Å². The first kappa shape index (κ1) is 32.0. The Morgan fingerprint density at radius 1 is 1.00 bits per heavy atom. The number of hydrogen-bond donors (Lipinski definition) is 1. The molecule has 0 amide bonds. The van der Waals surface area contributed by atoms with Crippen LogP contribution in [0.15, 0.2) is 59.5 Å². The van der Waals surface area contributed by atoms with Gasteiger partial charge < -0.3 is 10.2 Å². The first-order valence-electron chi connectivity index (χ1n) is 14.7. The van der Waals surface area contributed by atoms with Crippen molar-refractivity contribution in [3.05, 3.63) is 71.7 Å². The summed E-state index contributed by atoms with van der Waals surface area (Å²) < 4.78 is 80.4. The fourth-order valence-electron chi connectivity index (χ4n) is 5.89. The van der Waals surface area contributed by atoms with Crippen molar-refractivity contribution in [2.24, 2.45) is 0 Å². The van der Waals surface area contributed by atoms with E-state index in [1.807, 2.05) is 0 Å². The summed E-state index contributed by atoms with van der Waals surface area (Å²) in [6, 6.07) is 10.5. The van der Waals surface area contributed by atoms with Gasteiger partial charge >= 0.3 is 6.18 Å². The van der Waals surface area contributed by atoms with Crippen LogP contribution in [0.25, 0.3) is 11.3 Å². The highest BCUT2D eigenvalue weighted by Crippen LogP contribution is 2.32. The molecule has 2 aromatic carbocycles. The number of nitrogens with zero attached hydrogens (tertiary/aromatic N) is 4. The van der Waals surface area contributed by atoms with Crippen LogP contribution in [0.2, 0.25) is 0 Å². The maximum Gasteiger partial charge on any atom is 0.416 e. The van der Waals surface area contributed by atoms with Gasteiger partial charge in [-0.05, 0) is 94.6 Å². The summed E-state index contributed by atoms with van der Waals surface area (Å²) in [6.45, 7) is 1.83. The van der Waals surface area contributed by atoms with Gasteiger partial charge in [0.2, 0.25) is 16.0 Å². The van der Waals surface area contributed by atoms with E-state index in [1.165, 1.54) is 28.6 Å². The lowest BCUT2D eigenvalue weighted by Crippen LogP contribution is -2.40. The molecule has 1 N–H and O–H groups in total. The molecule has 0 aliphatic carbocycles. The van der Waals surface area contributed by atoms with Gasteiger partial charge in [-0.1, -0.05) is 12.1 Å². The van der Waals surface area contributed by atoms with Crippen LogP contribution in [0, 0.1) is 5.82 Å². The van der Waals surface area contributed by atoms with E-state index in [0.29, 0.717) is 48.3 Å². The molecule has 44 heavy (non-hydrogen) atoms. The van der Waals surface area contributed by atoms with Gasteiger partial charge in [-0.3, -0.25) is 4.79 Å². The van der Waals surface area contributed by atoms with Crippen molar-refractivity contribution in [2.45, 2.75) is 68.1 Å². The van der Waals surface area contributed by atoms with E-state index < -0.39 is 33.6 Å². The first-order chi connectivity index (χ1) is 20.9. The smallest absolute Gasteiger partial charge is 0.354 e. The molecule has 5 rings (SSSR count). The third kappa shape index (κ3) is 7.44. The maximum absolute atomic E-state index is 13.4. The minimum absolute atomic E-state index is 0.00980. The summed E-state index contributed by atoms with van der Waals surface area (Å²) in [5.74, 6) is -0.508. The number of halogens is 4. The average molecular weight is 634 g/mol. The number of ketones is 1. The van der Waals surface area contributed by atoms with Crippen molar-refractivity contribution in [2.75, 3.05) is 32.0 Å². The van der Waals surface area contributed by atoms with Crippen molar-refractivity contribution >= 4 is 21.8 Å². The minimum Gasteiger partial charge on any atom is -0.354 e. The van der Waals surface area contributed by atoms with Gasteiger partial charge in [0.25, 0.3) is 0 Å². The summed E-state index contributed by atoms with van der Waals surface area (Å²) >= 11 is 0. The van der Waals surface area contributed by atoms with E-state index >= 15 is 0 Å². The second-order valence-corrected chi connectivity index (χ2v) is 13.2. The van der Waals surface area contributed by atoms with Crippen LogP contribution in [-0.2, 0) is 27.4 Å². The highest BCUT2D eigenvalue weighted by atomic mass is 32.2. The third-order valence-corrected chi connectivity index (χ3v) is 10.3. The molecule has 8 nitrogen and oxygen atoms in total. The highest BCUT2D eigenvalue weighted by Gasteiger charge is 2.39. The van der Waals surface area contributed by atoms with E-state index in [2.05, 4.69) is 27.2 Å². The zero-order chi connectivity index (χ0) is 31.5. The van der Waals surface area contributed by atoms with Crippen LogP contribution in [0.3, 0.4) is 0 Å². The molecule has 2 atom stereocenters. The summed E-state index contributed by atoms with van der Waals surface area (Å²) in [7, 11) is -1.90. The van der Waals surface area contributed by atoms with Gasteiger partial charge in [-0.2, -0.15) is 17.5 Å². The molecule has 1 unspecified atom stereocenters. The fourth-order valence-corrected chi connectivity index (χ4v) is 7.56. The second-order valence-electron chi connectivity index (χ2n) is 11.3. The van der Waals surface area contributed by atoms with E-state index in [-0.39, 0.29) is 30.1 Å². The molecule has 2 fully saturated rings. The third-order valence-electron chi connectivity index (χ3n) is 8.34. The normalized spacial score (nSPS) is 19.8. The largest absolute Gasteiger partial charge is 0.416 e. The number of sulfonamides is 1. The molecule has 0 bridgehead atoms. The maximum atomic E-state index is 13.4. The number of likely N-dealkylation sites (tertiary alicyclic amines) is 1. The lowest BCUT2D eigenvalue weighted by molar-refractivity contribution is -0.137. The lowest BCUT2D eigenvalue weighted by Gasteiger charge is -2.23. The van der Waals surface area contributed by atoms with Crippen molar-refractivity contribution in [1.29, 1.82) is 0 Å². The van der Waals surface area contributed by atoms with Crippen molar-refractivity contribution in [3.8, 4) is 11.3 Å². The Bertz CT molecular complexity index is 1570. The van der Waals surface area contributed by atoms with Gasteiger partial charge in [0.15, 0.2) is 5.78 Å². The number of rotatable bonds is 11. The predicted octanol–water partition coefficient (Wildman–Crippen LogP) is 5.55. The zero-order valence-corrected chi connectivity index (χ0v) is 25.2. The molecule has 0 saturated carbocycles. The SMILES string of the molecule is CN1CCCC1CCNc1nc(CCC(=O)[C@@H]2CCCN2S(=O)(=O)c2ccc(F)cc2)cc(-c2ccc(C(F)(F)F)cc2)n1. The Morgan fingerprint density at radius 2 is 1.70 bits per heavy atom. The fraction of sp³-hybridized carbons (Fsp3) is 0.452. The molecular weight excluding hydrogens is 598 g/mol. The highest BCUT2D eigenvalue weighted by molar-refractivity contribution is 7.89. The molecule has 2 saturated heterocycles. The molecule has 13 heteroatoms. The zero-order valence-electron chi connectivity index (χ0n) is 24.4. The Morgan fingerprint density at radius 3 is 2.36 bits per heavy atom. The van der Waals surface area contributed by atoms with Crippen LogP contribution in [0.5, 0.6) is 0 Å². The number of anilines is 1. The number of Topliss-reactive ketones (excluding diaryl/α,β-unsaturated/α-hetero) is 1. The predicted molar refractivity (Wildman–Crippen MR) is 158 cm³/mol. The van der Waals surface area contributed by atoms with Crippen molar-refractivity contribution < 1.29 is 30.8 Å². The van der Waals surface area contributed by atoms with Crippen molar-refractivity contribution in [3.63, 3.8) is 0 Å². The molecule has 1 aromatic heterocycles. The van der Waals surface area contributed by atoms with E-state index in [9.17, 15) is 30.8 Å². The molecule has 3 heterocycles. The average Bonchev–Trinajstić information content (AvgIpc) is 3.66. The second kappa shape index (κ2) is 13.3. The molecule has 2 aliphatic heterocycles. The molecular formula is C31H35F4N5O3S. The van der Waals surface area contributed by atoms with Crippen LogP contribution in [0.4, 0.5) is 23.5 Å². The Balaban J connectivity index is 1.32. The van der Waals surface area contributed by atoms with Crippen molar-refractivity contribution in [1.82, 2.24) is 19.2 Å². The molecule has 2 aliphatic rings. The topological polar surface area (TPSA) is 95.5 Å². The Hall–Kier alpha value is -3.42. The quantitative estimate of drug-likeness (QED) is 0.277. The number of alkyl halides is 3. The van der Waals surface area contributed by atoms with Gasteiger partial charge in [0.1, 0.15) is 5.82 Å². The van der Waals surface area contributed by atoms with Gasteiger partial charge in [-0.25, -0.2) is 22.8 Å².